The van der Waals surface area contributed by atoms with Gasteiger partial charge in [-0.3, -0.25) is 23.9 Å². The van der Waals surface area contributed by atoms with Gasteiger partial charge >= 0.3 is 5.69 Å². The minimum atomic E-state index is -0.655. The number of ether oxygens (including phenoxy) is 1. The van der Waals surface area contributed by atoms with Gasteiger partial charge in [-0.25, -0.2) is 4.79 Å². The van der Waals surface area contributed by atoms with E-state index < -0.39 is 17.2 Å². The molecule has 0 aliphatic carbocycles. The van der Waals surface area contributed by atoms with Crippen molar-refractivity contribution in [3.05, 3.63) is 50.8 Å². The van der Waals surface area contributed by atoms with Crippen molar-refractivity contribution in [2.24, 2.45) is 0 Å². The first-order valence-corrected chi connectivity index (χ1v) is 7.09. The van der Waals surface area contributed by atoms with Gasteiger partial charge in [-0.15, -0.1) is 0 Å². The summed E-state index contributed by atoms with van der Waals surface area (Å²) in [7, 11) is 0. The van der Waals surface area contributed by atoms with Crippen LogP contribution in [0, 0.1) is 6.92 Å². The van der Waals surface area contributed by atoms with Crippen LogP contribution < -0.4 is 26.6 Å². The molecule has 0 saturated carbocycles. The van der Waals surface area contributed by atoms with E-state index in [1.807, 2.05) is 0 Å². The second-order valence-corrected chi connectivity index (χ2v) is 5.30. The van der Waals surface area contributed by atoms with Crippen LogP contribution in [0.15, 0.2) is 34.0 Å². The summed E-state index contributed by atoms with van der Waals surface area (Å²) < 4.78 is 6.38. The number of aryl methyl sites for hydroxylation is 1. The smallest absolute Gasteiger partial charge is 0.328 e. The summed E-state index contributed by atoms with van der Waals surface area (Å²) in [6, 6.07) is 4.79. The predicted octanol–water partition coefficient (Wildman–Crippen LogP) is -0.185. The molecule has 0 atom stereocenters. The number of rotatable bonds is 3. The molecule has 3 N–H and O–H groups in total. The molecule has 0 unspecified atom stereocenters. The standard InChI is InChI=1S/C15H14N4O5/c1-8-5-19(15(23)18-14(8)22)6-12(20)16-9-2-3-10-11(4-9)24-7-13(21)17-10/h2-5H,6-7H2,1H3,(H,16,20)(H,17,21)(H,18,22,23). The number of anilines is 2. The largest absolute Gasteiger partial charge is 0.482 e. The van der Waals surface area contributed by atoms with Crippen LogP contribution in [0.3, 0.4) is 0 Å². The van der Waals surface area contributed by atoms with Crippen molar-refractivity contribution in [3.8, 4) is 5.75 Å². The fourth-order valence-corrected chi connectivity index (χ4v) is 2.24. The van der Waals surface area contributed by atoms with Gasteiger partial charge in [0.15, 0.2) is 6.61 Å². The third kappa shape index (κ3) is 3.19. The van der Waals surface area contributed by atoms with Crippen LogP contribution in [0.25, 0.3) is 0 Å². The molecule has 2 aromatic rings. The molecular weight excluding hydrogens is 316 g/mol. The number of nitrogens with one attached hydrogen (secondary N) is 3. The second kappa shape index (κ2) is 6.03. The maximum Gasteiger partial charge on any atom is 0.328 e. The summed E-state index contributed by atoms with van der Waals surface area (Å²) in [6.45, 7) is 1.21. The van der Waals surface area contributed by atoms with Crippen molar-refractivity contribution >= 4 is 23.2 Å². The molecule has 1 aromatic carbocycles. The summed E-state index contributed by atoms with van der Waals surface area (Å²) in [5.74, 6) is -0.236. The number of aromatic amines is 1. The number of amides is 2. The highest BCUT2D eigenvalue weighted by Crippen LogP contribution is 2.30. The van der Waals surface area contributed by atoms with Crippen molar-refractivity contribution < 1.29 is 14.3 Å². The van der Waals surface area contributed by atoms with Crippen LogP contribution in [-0.2, 0) is 16.1 Å². The zero-order chi connectivity index (χ0) is 17.3. The SMILES string of the molecule is Cc1cn(CC(=O)Nc2ccc3c(c2)OCC(=O)N3)c(=O)[nH]c1=O. The lowest BCUT2D eigenvalue weighted by molar-refractivity contribution is -0.119. The molecule has 0 fully saturated rings. The lowest BCUT2D eigenvalue weighted by Crippen LogP contribution is -2.34. The highest BCUT2D eigenvalue weighted by molar-refractivity contribution is 5.97. The number of fused-ring (bicyclic) bond motifs is 1. The maximum atomic E-state index is 12.1. The molecule has 1 aliphatic rings. The molecule has 0 radical (unpaired) electrons. The Morgan fingerprint density at radius 2 is 2.12 bits per heavy atom. The van der Waals surface area contributed by atoms with Gasteiger partial charge in [0.2, 0.25) is 5.91 Å². The van der Waals surface area contributed by atoms with E-state index in [9.17, 15) is 19.2 Å². The zero-order valence-electron chi connectivity index (χ0n) is 12.7. The van der Waals surface area contributed by atoms with E-state index >= 15 is 0 Å². The molecule has 0 bridgehead atoms. The van der Waals surface area contributed by atoms with Crippen molar-refractivity contribution in [1.29, 1.82) is 0 Å². The Kier molecular flexibility index (Phi) is 3.90. The number of hydrogen-bond acceptors (Lipinski definition) is 5. The summed E-state index contributed by atoms with van der Waals surface area (Å²) in [6.07, 6.45) is 1.33. The van der Waals surface area contributed by atoms with Crippen LogP contribution in [0.2, 0.25) is 0 Å². The van der Waals surface area contributed by atoms with Gasteiger partial charge in [-0.1, -0.05) is 0 Å². The van der Waals surface area contributed by atoms with Crippen LogP contribution in [0.4, 0.5) is 11.4 Å². The molecule has 9 heteroatoms. The molecule has 1 aromatic heterocycles. The Morgan fingerprint density at radius 1 is 1.33 bits per heavy atom. The number of aromatic nitrogens is 2. The highest BCUT2D eigenvalue weighted by Gasteiger charge is 2.16. The number of benzene rings is 1. The monoisotopic (exact) mass is 330 g/mol. The molecule has 2 heterocycles. The minimum absolute atomic E-state index is 0.0869. The average Bonchev–Trinajstić information content (AvgIpc) is 2.52. The molecule has 0 spiro atoms. The van der Waals surface area contributed by atoms with Crippen molar-refractivity contribution in [2.75, 3.05) is 17.2 Å². The van der Waals surface area contributed by atoms with Gasteiger partial charge in [-0.2, -0.15) is 0 Å². The lowest BCUT2D eigenvalue weighted by Gasteiger charge is -2.18. The topological polar surface area (TPSA) is 122 Å². The first-order chi connectivity index (χ1) is 11.4. The maximum absolute atomic E-state index is 12.1. The molecule has 124 valence electrons. The van der Waals surface area contributed by atoms with Gasteiger partial charge in [0.1, 0.15) is 12.3 Å². The van der Waals surface area contributed by atoms with Crippen LogP contribution in [-0.4, -0.2) is 28.0 Å². The van der Waals surface area contributed by atoms with Gasteiger partial charge in [0.05, 0.1) is 5.69 Å². The lowest BCUT2D eigenvalue weighted by atomic mass is 10.2. The van der Waals surface area contributed by atoms with E-state index in [0.29, 0.717) is 22.7 Å². The van der Waals surface area contributed by atoms with Crippen molar-refractivity contribution in [1.82, 2.24) is 9.55 Å². The van der Waals surface area contributed by atoms with Crippen LogP contribution >= 0.6 is 0 Å². The van der Waals surface area contributed by atoms with Gasteiger partial charge in [-0.05, 0) is 19.1 Å². The van der Waals surface area contributed by atoms with Crippen molar-refractivity contribution in [2.45, 2.75) is 13.5 Å². The third-order valence-corrected chi connectivity index (χ3v) is 3.40. The Morgan fingerprint density at radius 3 is 2.92 bits per heavy atom. The minimum Gasteiger partial charge on any atom is -0.482 e. The molecule has 2 amide bonds. The normalized spacial score (nSPS) is 12.8. The van der Waals surface area contributed by atoms with Gasteiger partial charge < -0.3 is 15.4 Å². The highest BCUT2D eigenvalue weighted by atomic mass is 16.5. The van der Waals surface area contributed by atoms with Crippen molar-refractivity contribution in [3.63, 3.8) is 0 Å². The number of carbonyl (C=O) groups excluding carboxylic acids is 2. The summed E-state index contributed by atoms with van der Waals surface area (Å²) in [5, 5.41) is 5.27. The first kappa shape index (κ1) is 15.5. The summed E-state index contributed by atoms with van der Waals surface area (Å²) in [5.41, 5.74) is 0.184. The van der Waals surface area contributed by atoms with E-state index in [0.717, 1.165) is 4.57 Å². The quantitative estimate of drug-likeness (QED) is 0.720. The average molecular weight is 330 g/mol. The molecule has 1 aliphatic heterocycles. The van der Waals surface area contributed by atoms with E-state index in [1.165, 1.54) is 6.20 Å². The van der Waals surface area contributed by atoms with Gasteiger partial charge in [0.25, 0.3) is 11.5 Å². The van der Waals surface area contributed by atoms with E-state index in [1.54, 1.807) is 25.1 Å². The molecular formula is C15H14N4O5. The molecule has 0 saturated heterocycles. The predicted molar refractivity (Wildman–Crippen MR) is 85.3 cm³/mol. The fourth-order valence-electron chi connectivity index (χ4n) is 2.24. The Labute approximate surface area is 135 Å². The van der Waals surface area contributed by atoms with Crippen LogP contribution in [0.5, 0.6) is 5.75 Å². The molecule has 9 nitrogen and oxygen atoms in total. The first-order valence-electron chi connectivity index (χ1n) is 7.09. The van der Waals surface area contributed by atoms with Gasteiger partial charge in [0, 0.05) is 23.5 Å². The summed E-state index contributed by atoms with van der Waals surface area (Å²) >= 11 is 0. The second-order valence-electron chi connectivity index (χ2n) is 5.30. The Balaban J connectivity index is 1.74. The third-order valence-electron chi connectivity index (χ3n) is 3.40. The van der Waals surface area contributed by atoms with Crippen LogP contribution in [0.1, 0.15) is 5.56 Å². The Hall–Kier alpha value is -3.36. The number of nitrogens with zero attached hydrogens (tertiary/aromatic N) is 1. The fraction of sp³-hybridized carbons (Fsp3) is 0.200. The zero-order valence-corrected chi connectivity index (χ0v) is 12.7. The van der Waals surface area contributed by atoms with E-state index in [-0.39, 0.29) is 19.1 Å². The molecule has 3 rings (SSSR count). The Bertz CT molecular complexity index is 944. The van der Waals surface area contributed by atoms with E-state index in [4.69, 9.17) is 4.74 Å². The molecule has 24 heavy (non-hydrogen) atoms. The summed E-state index contributed by atoms with van der Waals surface area (Å²) in [4.78, 5) is 48.4. The number of hydrogen-bond donors (Lipinski definition) is 3. The number of carbonyl (C=O) groups is 2. The van der Waals surface area contributed by atoms with E-state index in [2.05, 4.69) is 15.6 Å². The number of H-pyrrole nitrogens is 1.